The second-order valence-corrected chi connectivity index (χ2v) is 9.98. The maximum absolute atomic E-state index is 15.5. The molecule has 1 amide bonds. The molecule has 4 nitrogen and oxygen atoms in total. The standard InChI is InChI=1S/C26H38BF4NO3/c1-10-13-27(35-25(8,9)24(5,6)7)22-20(28)15-18(16-21(22)34-12-3)23(33)32-17(4)14-19(11-2)26(29,30)31/h11,14-16H,10,12-13H2,1-9H3,(H,32,33)/b17-14+,19-11+. The van der Waals surface area contributed by atoms with Gasteiger partial charge in [0.15, 0.2) is 0 Å². The van der Waals surface area contributed by atoms with E-state index in [1.807, 2.05) is 41.5 Å². The quantitative estimate of drug-likeness (QED) is 0.218. The highest BCUT2D eigenvalue weighted by atomic mass is 19.4. The molecule has 0 aromatic heterocycles. The minimum atomic E-state index is -4.55. The van der Waals surface area contributed by atoms with Crippen molar-refractivity contribution in [2.75, 3.05) is 6.61 Å². The van der Waals surface area contributed by atoms with Gasteiger partial charge < -0.3 is 14.7 Å². The number of ether oxygens (including phenoxy) is 1. The number of carbonyl (C=O) groups is 1. The zero-order chi connectivity index (χ0) is 27.2. The van der Waals surface area contributed by atoms with Gasteiger partial charge in [0.1, 0.15) is 11.6 Å². The van der Waals surface area contributed by atoms with Gasteiger partial charge in [0, 0.05) is 16.7 Å². The van der Waals surface area contributed by atoms with Crippen molar-refractivity contribution in [1.29, 1.82) is 0 Å². The SMILES string of the molecule is C/C=C(\C=C(/C)NC(=O)c1cc(F)c(B(CCC)OC(C)(C)C(C)(C)C)c(OCC)c1)C(F)(F)F. The topological polar surface area (TPSA) is 47.6 Å². The van der Waals surface area contributed by atoms with Crippen LogP contribution in [0.15, 0.2) is 35.6 Å². The molecule has 0 radical (unpaired) electrons. The molecule has 0 spiro atoms. The molecule has 9 heteroatoms. The highest BCUT2D eigenvalue weighted by Crippen LogP contribution is 2.35. The van der Waals surface area contributed by atoms with E-state index in [-0.39, 0.29) is 34.5 Å². The van der Waals surface area contributed by atoms with Crippen LogP contribution in [0.5, 0.6) is 5.75 Å². The molecular formula is C26H38BF4NO3. The summed E-state index contributed by atoms with van der Waals surface area (Å²) in [6, 6.07) is 2.47. The van der Waals surface area contributed by atoms with Gasteiger partial charge in [-0.05, 0) is 64.6 Å². The lowest BCUT2D eigenvalue weighted by Gasteiger charge is -2.41. The van der Waals surface area contributed by atoms with Crippen molar-refractivity contribution in [3.8, 4) is 5.75 Å². The lowest BCUT2D eigenvalue weighted by atomic mass is 9.55. The number of benzene rings is 1. The van der Waals surface area contributed by atoms with Crippen LogP contribution in [0.1, 0.15) is 79.1 Å². The van der Waals surface area contributed by atoms with E-state index in [0.29, 0.717) is 6.32 Å². The van der Waals surface area contributed by atoms with E-state index in [4.69, 9.17) is 9.39 Å². The van der Waals surface area contributed by atoms with Crippen molar-refractivity contribution in [3.63, 3.8) is 0 Å². The van der Waals surface area contributed by atoms with Gasteiger partial charge in [-0.15, -0.1) is 0 Å². The van der Waals surface area contributed by atoms with Crippen LogP contribution < -0.4 is 15.5 Å². The summed E-state index contributed by atoms with van der Waals surface area (Å²) in [7, 11) is 0. The molecule has 1 rings (SSSR count). The van der Waals surface area contributed by atoms with Crippen molar-refractivity contribution in [2.45, 2.75) is 86.8 Å². The molecule has 1 aromatic rings. The van der Waals surface area contributed by atoms with E-state index >= 15 is 4.39 Å². The van der Waals surface area contributed by atoms with E-state index in [0.717, 1.165) is 24.6 Å². The summed E-state index contributed by atoms with van der Waals surface area (Å²) >= 11 is 0. The Morgan fingerprint density at radius 3 is 2.17 bits per heavy atom. The number of amides is 1. The van der Waals surface area contributed by atoms with Gasteiger partial charge in [0.2, 0.25) is 0 Å². The molecule has 0 aliphatic heterocycles. The first-order chi connectivity index (χ1) is 16.0. The lowest BCUT2D eigenvalue weighted by Crippen LogP contribution is -2.49. The smallest absolute Gasteiger partial charge is 0.416 e. The summed E-state index contributed by atoms with van der Waals surface area (Å²) in [6.07, 6.45) is -1.55. The van der Waals surface area contributed by atoms with Crippen molar-refractivity contribution in [3.05, 3.63) is 46.9 Å². The Kier molecular flexibility index (Phi) is 10.6. The fourth-order valence-electron chi connectivity index (χ4n) is 3.22. The Bertz CT molecular complexity index is 947. The van der Waals surface area contributed by atoms with E-state index in [2.05, 4.69) is 5.32 Å². The zero-order valence-electron chi connectivity index (χ0n) is 22.2. The molecule has 0 unspecified atom stereocenters. The monoisotopic (exact) mass is 499 g/mol. The predicted molar refractivity (Wildman–Crippen MR) is 134 cm³/mol. The maximum atomic E-state index is 15.5. The van der Waals surface area contributed by atoms with Gasteiger partial charge in [-0.1, -0.05) is 40.2 Å². The van der Waals surface area contributed by atoms with Crippen LogP contribution in [0, 0.1) is 11.2 Å². The number of carbonyl (C=O) groups excluding carboxylic acids is 1. The van der Waals surface area contributed by atoms with Gasteiger partial charge in [-0.25, -0.2) is 4.39 Å². The van der Waals surface area contributed by atoms with Crippen molar-refractivity contribution < 1.29 is 31.7 Å². The number of hydrogen-bond acceptors (Lipinski definition) is 3. The second-order valence-electron chi connectivity index (χ2n) is 9.98. The van der Waals surface area contributed by atoms with Crippen LogP contribution in [0.3, 0.4) is 0 Å². The molecule has 0 saturated carbocycles. The summed E-state index contributed by atoms with van der Waals surface area (Å²) in [5.41, 5.74) is -1.59. The summed E-state index contributed by atoms with van der Waals surface area (Å²) in [5, 5.41) is 2.39. The van der Waals surface area contributed by atoms with Gasteiger partial charge in [0.05, 0.1) is 17.8 Å². The van der Waals surface area contributed by atoms with E-state index in [9.17, 15) is 18.0 Å². The normalized spacial score (nSPS) is 13.6. The molecular weight excluding hydrogens is 461 g/mol. The minimum Gasteiger partial charge on any atom is -0.494 e. The Labute approximate surface area is 207 Å². The third-order valence-electron chi connectivity index (χ3n) is 6.09. The van der Waals surface area contributed by atoms with Crippen LogP contribution in [0.4, 0.5) is 17.6 Å². The molecule has 0 saturated heterocycles. The number of nitrogens with one attached hydrogen (secondary N) is 1. The second kappa shape index (κ2) is 12.1. The summed E-state index contributed by atoms with van der Waals surface area (Å²) in [5.74, 6) is -1.24. The highest BCUT2D eigenvalue weighted by molar-refractivity contribution is 6.68. The fourth-order valence-corrected chi connectivity index (χ4v) is 3.22. The van der Waals surface area contributed by atoms with Crippen molar-refractivity contribution in [2.24, 2.45) is 5.41 Å². The van der Waals surface area contributed by atoms with Crippen LogP contribution >= 0.6 is 0 Å². The van der Waals surface area contributed by atoms with Crippen LogP contribution in [-0.4, -0.2) is 31.2 Å². The van der Waals surface area contributed by atoms with Crippen LogP contribution in [-0.2, 0) is 4.65 Å². The molecule has 0 bridgehead atoms. The Morgan fingerprint density at radius 2 is 1.71 bits per heavy atom. The number of halogens is 4. The number of alkyl halides is 3. The molecule has 1 N–H and O–H groups in total. The van der Waals surface area contributed by atoms with E-state index < -0.39 is 36.0 Å². The van der Waals surface area contributed by atoms with Gasteiger partial charge in [-0.3, -0.25) is 4.79 Å². The molecule has 0 aliphatic carbocycles. The largest absolute Gasteiger partial charge is 0.494 e. The van der Waals surface area contributed by atoms with Crippen LogP contribution in [0.25, 0.3) is 0 Å². The lowest BCUT2D eigenvalue weighted by molar-refractivity contribution is -0.0884. The average Bonchev–Trinajstić information content (AvgIpc) is 2.69. The summed E-state index contributed by atoms with van der Waals surface area (Å²) in [6.45, 7) is 15.9. The van der Waals surface area contributed by atoms with E-state index in [1.165, 1.54) is 19.9 Å². The van der Waals surface area contributed by atoms with Gasteiger partial charge >= 0.3 is 13.1 Å². The first kappa shape index (κ1) is 30.7. The van der Waals surface area contributed by atoms with Crippen molar-refractivity contribution >= 4 is 18.3 Å². The third kappa shape index (κ3) is 8.41. The Hall–Kier alpha value is -2.29. The first-order valence-corrected chi connectivity index (χ1v) is 11.9. The van der Waals surface area contributed by atoms with E-state index in [1.54, 1.807) is 6.92 Å². The number of allylic oxidation sites excluding steroid dienone is 4. The number of rotatable bonds is 10. The van der Waals surface area contributed by atoms with Gasteiger partial charge in [-0.2, -0.15) is 13.2 Å². The molecule has 0 heterocycles. The number of hydrogen-bond donors (Lipinski definition) is 1. The molecule has 0 aliphatic rings. The third-order valence-corrected chi connectivity index (χ3v) is 6.09. The zero-order valence-corrected chi connectivity index (χ0v) is 22.2. The first-order valence-electron chi connectivity index (χ1n) is 11.9. The Morgan fingerprint density at radius 1 is 1.11 bits per heavy atom. The molecule has 0 atom stereocenters. The molecule has 196 valence electrons. The highest BCUT2D eigenvalue weighted by Gasteiger charge is 2.39. The average molecular weight is 499 g/mol. The predicted octanol–water partition coefficient (Wildman–Crippen LogP) is 6.82. The van der Waals surface area contributed by atoms with Crippen LogP contribution in [0.2, 0.25) is 6.32 Å². The maximum Gasteiger partial charge on any atom is 0.416 e. The minimum absolute atomic E-state index is 0.0259. The molecule has 0 fully saturated rings. The van der Waals surface area contributed by atoms with Crippen molar-refractivity contribution in [1.82, 2.24) is 5.32 Å². The Balaban J connectivity index is 3.41. The molecule has 35 heavy (non-hydrogen) atoms. The molecule has 1 aromatic carbocycles. The van der Waals surface area contributed by atoms with Gasteiger partial charge in [0.25, 0.3) is 5.91 Å². The fraction of sp³-hybridized carbons (Fsp3) is 0.577. The summed E-state index contributed by atoms with van der Waals surface area (Å²) in [4.78, 5) is 12.7. The summed E-state index contributed by atoms with van der Waals surface area (Å²) < 4.78 is 66.6.